The van der Waals surface area contributed by atoms with Crippen molar-refractivity contribution in [1.29, 1.82) is 0 Å². The van der Waals surface area contributed by atoms with Crippen molar-refractivity contribution in [2.75, 3.05) is 6.54 Å². The minimum atomic E-state index is -0.664. The van der Waals surface area contributed by atoms with Gasteiger partial charge >= 0.3 is 6.03 Å². The zero-order chi connectivity index (χ0) is 12.9. The molecule has 0 aromatic rings. The van der Waals surface area contributed by atoms with Gasteiger partial charge in [-0.15, -0.1) is 0 Å². The van der Waals surface area contributed by atoms with Crippen molar-refractivity contribution in [2.24, 2.45) is 5.73 Å². The lowest BCUT2D eigenvalue weighted by Gasteiger charge is -2.37. The topological polar surface area (TPSA) is 75.4 Å². The number of hydrogen-bond acceptors (Lipinski definition) is 3. The number of nitrogens with two attached hydrogens (primary N) is 1. The van der Waals surface area contributed by atoms with E-state index in [1.807, 2.05) is 0 Å². The van der Waals surface area contributed by atoms with Crippen LogP contribution in [0.25, 0.3) is 0 Å². The van der Waals surface area contributed by atoms with E-state index in [9.17, 15) is 9.59 Å². The molecule has 0 spiro atoms. The van der Waals surface area contributed by atoms with Gasteiger partial charge in [0.15, 0.2) is 0 Å². The lowest BCUT2D eigenvalue weighted by Crippen LogP contribution is -2.57. The standard InChI is InChI=1S/C12H23N3O2/c1-3-5-7-12(13,8-6-4-2)15-9-10(16)14-11(15)17/h3-9,13H2,1-2H3,(H,14,16,17). The zero-order valence-electron chi connectivity index (χ0n) is 10.8. The molecule has 17 heavy (non-hydrogen) atoms. The smallest absolute Gasteiger partial charge is 0.309 e. The summed E-state index contributed by atoms with van der Waals surface area (Å²) in [5.74, 6) is -0.252. The molecular weight excluding hydrogens is 218 g/mol. The Labute approximate surface area is 103 Å². The number of nitrogens with one attached hydrogen (secondary N) is 1. The Hall–Kier alpha value is -1.10. The maximum Gasteiger partial charge on any atom is 0.326 e. The molecule has 0 aliphatic carbocycles. The molecule has 3 amide bonds. The van der Waals surface area contributed by atoms with E-state index in [1.165, 1.54) is 4.90 Å². The average Bonchev–Trinajstić information content (AvgIpc) is 2.64. The van der Waals surface area contributed by atoms with Crippen LogP contribution in [0.4, 0.5) is 4.79 Å². The molecule has 0 unspecified atom stereocenters. The number of imide groups is 1. The van der Waals surface area contributed by atoms with Crippen LogP contribution in [0, 0.1) is 0 Å². The lowest BCUT2D eigenvalue weighted by atomic mass is 9.95. The van der Waals surface area contributed by atoms with E-state index in [0.29, 0.717) is 0 Å². The highest BCUT2D eigenvalue weighted by atomic mass is 16.2. The SMILES string of the molecule is CCCCC(N)(CCCC)N1CC(=O)NC1=O. The third-order valence-electron chi connectivity index (χ3n) is 3.26. The minimum Gasteiger partial charge on any atom is -0.309 e. The Morgan fingerprint density at radius 2 is 1.76 bits per heavy atom. The van der Waals surface area contributed by atoms with E-state index in [1.54, 1.807) is 0 Å². The molecule has 1 fully saturated rings. The number of urea groups is 1. The van der Waals surface area contributed by atoms with E-state index in [2.05, 4.69) is 19.2 Å². The number of rotatable bonds is 7. The third kappa shape index (κ3) is 3.43. The van der Waals surface area contributed by atoms with Crippen LogP contribution in [0.2, 0.25) is 0 Å². The quantitative estimate of drug-likeness (QED) is 0.664. The van der Waals surface area contributed by atoms with Crippen molar-refractivity contribution >= 4 is 11.9 Å². The summed E-state index contributed by atoms with van der Waals surface area (Å²) in [5.41, 5.74) is 5.68. The fraction of sp³-hybridized carbons (Fsp3) is 0.833. The predicted octanol–water partition coefficient (Wildman–Crippen LogP) is 1.57. The van der Waals surface area contributed by atoms with Crippen LogP contribution in [-0.4, -0.2) is 29.0 Å². The first kappa shape index (κ1) is 14.0. The van der Waals surface area contributed by atoms with Gasteiger partial charge in [0, 0.05) is 0 Å². The highest BCUT2D eigenvalue weighted by molar-refractivity contribution is 6.02. The summed E-state index contributed by atoms with van der Waals surface area (Å²) in [4.78, 5) is 24.4. The summed E-state index contributed by atoms with van der Waals surface area (Å²) in [6.45, 7) is 4.29. The van der Waals surface area contributed by atoms with Crippen LogP contribution in [-0.2, 0) is 4.79 Å². The second-order valence-corrected chi connectivity index (χ2v) is 4.75. The molecule has 5 nitrogen and oxygen atoms in total. The van der Waals surface area contributed by atoms with Crippen LogP contribution in [0.1, 0.15) is 52.4 Å². The van der Waals surface area contributed by atoms with E-state index in [4.69, 9.17) is 5.73 Å². The number of carbonyl (C=O) groups excluding carboxylic acids is 2. The van der Waals surface area contributed by atoms with Gasteiger partial charge in [0.05, 0.1) is 5.66 Å². The van der Waals surface area contributed by atoms with Crippen LogP contribution in [0.5, 0.6) is 0 Å². The molecule has 1 aliphatic rings. The van der Waals surface area contributed by atoms with Crippen molar-refractivity contribution in [1.82, 2.24) is 10.2 Å². The van der Waals surface area contributed by atoms with Crippen LogP contribution < -0.4 is 11.1 Å². The zero-order valence-corrected chi connectivity index (χ0v) is 10.8. The Balaban J connectivity index is 2.73. The first-order valence-electron chi connectivity index (χ1n) is 6.44. The minimum absolute atomic E-state index is 0.1000. The molecule has 0 radical (unpaired) electrons. The molecule has 98 valence electrons. The van der Waals surface area contributed by atoms with Crippen molar-refractivity contribution < 1.29 is 9.59 Å². The Morgan fingerprint density at radius 1 is 1.24 bits per heavy atom. The summed E-state index contributed by atoms with van der Waals surface area (Å²) in [5, 5.41) is 2.29. The normalized spacial score (nSPS) is 16.5. The van der Waals surface area contributed by atoms with E-state index in [0.717, 1.165) is 38.5 Å². The fourth-order valence-corrected chi connectivity index (χ4v) is 2.16. The van der Waals surface area contributed by atoms with Crippen LogP contribution in [0.3, 0.4) is 0 Å². The van der Waals surface area contributed by atoms with Crippen molar-refractivity contribution in [3.63, 3.8) is 0 Å². The van der Waals surface area contributed by atoms with Crippen molar-refractivity contribution in [2.45, 2.75) is 58.0 Å². The Kier molecular flexibility index (Phi) is 4.93. The summed E-state index contributed by atoms with van der Waals surface area (Å²) < 4.78 is 0. The Morgan fingerprint density at radius 3 is 2.12 bits per heavy atom. The Bertz CT molecular complexity index is 283. The summed E-state index contributed by atoms with van der Waals surface area (Å²) in [6.07, 6.45) is 5.52. The van der Waals surface area contributed by atoms with Gasteiger partial charge in [-0.3, -0.25) is 15.0 Å². The van der Waals surface area contributed by atoms with Gasteiger partial charge in [0.2, 0.25) is 5.91 Å². The molecule has 0 bridgehead atoms. The molecule has 3 N–H and O–H groups in total. The molecular formula is C12H23N3O2. The van der Waals surface area contributed by atoms with Crippen molar-refractivity contribution in [3.8, 4) is 0 Å². The lowest BCUT2D eigenvalue weighted by molar-refractivity contribution is -0.119. The summed E-state index contributed by atoms with van der Waals surface area (Å²) >= 11 is 0. The number of hydrogen-bond donors (Lipinski definition) is 2. The number of unbranched alkanes of at least 4 members (excludes halogenated alkanes) is 2. The molecule has 1 rings (SSSR count). The van der Waals surface area contributed by atoms with E-state index in [-0.39, 0.29) is 18.5 Å². The first-order valence-corrected chi connectivity index (χ1v) is 6.44. The van der Waals surface area contributed by atoms with E-state index >= 15 is 0 Å². The predicted molar refractivity (Wildman–Crippen MR) is 66.2 cm³/mol. The molecule has 0 aromatic heterocycles. The number of carbonyl (C=O) groups is 2. The molecule has 5 heteroatoms. The summed E-state index contributed by atoms with van der Waals surface area (Å²) in [7, 11) is 0. The van der Waals surface area contributed by atoms with Crippen molar-refractivity contribution in [3.05, 3.63) is 0 Å². The van der Waals surface area contributed by atoms with Gasteiger partial charge in [-0.25, -0.2) is 4.79 Å². The number of amides is 3. The van der Waals surface area contributed by atoms with Gasteiger partial charge in [-0.05, 0) is 12.8 Å². The molecule has 1 saturated heterocycles. The molecule has 0 aromatic carbocycles. The average molecular weight is 241 g/mol. The highest BCUT2D eigenvalue weighted by Gasteiger charge is 2.40. The summed E-state index contributed by atoms with van der Waals surface area (Å²) in [6, 6.07) is -0.343. The van der Waals surface area contributed by atoms with Gasteiger partial charge in [-0.2, -0.15) is 0 Å². The second-order valence-electron chi connectivity index (χ2n) is 4.75. The fourth-order valence-electron chi connectivity index (χ4n) is 2.16. The van der Waals surface area contributed by atoms with Gasteiger partial charge in [0.1, 0.15) is 6.54 Å². The monoisotopic (exact) mass is 241 g/mol. The first-order chi connectivity index (χ1) is 8.03. The van der Waals surface area contributed by atoms with Gasteiger partial charge < -0.3 is 5.73 Å². The number of nitrogens with zero attached hydrogens (tertiary/aromatic N) is 1. The molecule has 0 atom stereocenters. The molecule has 1 aliphatic heterocycles. The second kappa shape index (κ2) is 6.00. The van der Waals surface area contributed by atoms with Gasteiger partial charge in [-0.1, -0.05) is 39.5 Å². The molecule has 1 heterocycles. The highest BCUT2D eigenvalue weighted by Crippen LogP contribution is 2.25. The van der Waals surface area contributed by atoms with Crippen LogP contribution in [0.15, 0.2) is 0 Å². The molecule has 0 saturated carbocycles. The van der Waals surface area contributed by atoms with Crippen LogP contribution >= 0.6 is 0 Å². The maximum atomic E-state index is 11.7. The third-order valence-corrected chi connectivity index (χ3v) is 3.26. The maximum absolute atomic E-state index is 11.7. The van der Waals surface area contributed by atoms with Gasteiger partial charge in [0.25, 0.3) is 0 Å². The van der Waals surface area contributed by atoms with E-state index < -0.39 is 5.66 Å². The largest absolute Gasteiger partial charge is 0.326 e.